The standard InChI is InChI=1S/C28H22N2O2/c1-14-9-23-25(10-15(14)2)30-17(4)26-22(13-24(30)16(3)29-23)27(31)20-11-18-7-5-6-8-19(18)12-21(20)28(26)32/h5-13,17H,1-4H3. The molecule has 3 aromatic carbocycles. The summed E-state index contributed by atoms with van der Waals surface area (Å²) in [6.07, 6.45) is 1.87. The lowest BCUT2D eigenvalue weighted by Crippen LogP contribution is -2.44. The first-order valence-electron chi connectivity index (χ1n) is 10.9. The van der Waals surface area contributed by atoms with Crippen molar-refractivity contribution in [2.24, 2.45) is 4.99 Å². The predicted octanol–water partition coefficient (Wildman–Crippen LogP) is 6.03. The molecular formula is C28H22N2O2. The van der Waals surface area contributed by atoms with Gasteiger partial charge in [-0.1, -0.05) is 24.3 Å². The monoisotopic (exact) mass is 418 g/mol. The van der Waals surface area contributed by atoms with Crippen LogP contribution >= 0.6 is 0 Å². The Kier molecular flexibility index (Phi) is 3.76. The lowest BCUT2D eigenvalue weighted by atomic mass is 9.77. The van der Waals surface area contributed by atoms with Crippen molar-refractivity contribution in [1.82, 2.24) is 0 Å². The molecule has 0 saturated carbocycles. The van der Waals surface area contributed by atoms with E-state index in [1.54, 1.807) is 0 Å². The molecule has 2 heterocycles. The van der Waals surface area contributed by atoms with Crippen molar-refractivity contribution in [1.29, 1.82) is 0 Å². The van der Waals surface area contributed by atoms with Crippen LogP contribution in [0.4, 0.5) is 11.4 Å². The van der Waals surface area contributed by atoms with Gasteiger partial charge in [-0.25, -0.2) is 4.99 Å². The number of carbonyl (C=O) groups excluding carboxylic acids is 2. The van der Waals surface area contributed by atoms with Crippen LogP contribution < -0.4 is 4.90 Å². The van der Waals surface area contributed by atoms with Gasteiger partial charge in [-0.3, -0.25) is 9.59 Å². The van der Waals surface area contributed by atoms with Gasteiger partial charge in [0.2, 0.25) is 0 Å². The molecular weight excluding hydrogens is 396 g/mol. The van der Waals surface area contributed by atoms with E-state index in [0.717, 1.165) is 33.6 Å². The van der Waals surface area contributed by atoms with E-state index in [1.807, 2.05) is 56.3 Å². The molecule has 0 N–H and O–H groups in total. The van der Waals surface area contributed by atoms with Crippen LogP contribution in [0.15, 0.2) is 76.4 Å². The molecule has 4 nitrogen and oxygen atoms in total. The summed E-state index contributed by atoms with van der Waals surface area (Å²) < 4.78 is 0. The molecule has 0 fully saturated rings. The summed E-state index contributed by atoms with van der Waals surface area (Å²) in [5.74, 6) is -0.147. The highest BCUT2D eigenvalue weighted by atomic mass is 16.1. The number of benzene rings is 3. The zero-order valence-electron chi connectivity index (χ0n) is 18.5. The molecule has 0 bridgehead atoms. The molecule has 0 radical (unpaired) electrons. The Morgan fingerprint density at radius 1 is 0.844 bits per heavy atom. The van der Waals surface area contributed by atoms with Gasteiger partial charge in [-0.05, 0) is 79.9 Å². The predicted molar refractivity (Wildman–Crippen MR) is 128 cm³/mol. The number of nitrogens with zero attached hydrogens (tertiary/aromatic N) is 2. The number of carbonyl (C=O) groups is 2. The van der Waals surface area contributed by atoms with E-state index in [4.69, 9.17) is 4.99 Å². The van der Waals surface area contributed by atoms with Crippen molar-refractivity contribution in [2.75, 3.05) is 4.90 Å². The van der Waals surface area contributed by atoms with Gasteiger partial charge in [-0.2, -0.15) is 0 Å². The second kappa shape index (κ2) is 6.36. The Hall–Kier alpha value is -3.79. The van der Waals surface area contributed by atoms with Crippen LogP contribution in [-0.4, -0.2) is 23.3 Å². The SMILES string of the molecule is CC1=Nc2cc(C)c(C)cc2N2C1=CC1=C(C(=O)c3cc4ccccc4cc3C1=O)C2C. The fourth-order valence-corrected chi connectivity index (χ4v) is 5.18. The number of aryl methyl sites for hydroxylation is 2. The molecule has 1 unspecified atom stereocenters. The van der Waals surface area contributed by atoms with Crippen molar-refractivity contribution in [2.45, 2.75) is 33.7 Å². The van der Waals surface area contributed by atoms with Gasteiger partial charge in [0.1, 0.15) is 0 Å². The molecule has 0 spiro atoms. The van der Waals surface area contributed by atoms with Gasteiger partial charge in [0, 0.05) is 22.3 Å². The molecule has 3 aliphatic rings. The molecule has 4 heteroatoms. The van der Waals surface area contributed by atoms with Gasteiger partial charge >= 0.3 is 0 Å². The van der Waals surface area contributed by atoms with Gasteiger partial charge in [0.15, 0.2) is 11.6 Å². The summed E-state index contributed by atoms with van der Waals surface area (Å²) in [4.78, 5) is 34.3. The van der Waals surface area contributed by atoms with Crippen molar-refractivity contribution in [3.63, 3.8) is 0 Å². The highest BCUT2D eigenvalue weighted by molar-refractivity contribution is 6.31. The van der Waals surface area contributed by atoms with Gasteiger partial charge in [0.25, 0.3) is 0 Å². The van der Waals surface area contributed by atoms with Crippen molar-refractivity contribution < 1.29 is 9.59 Å². The zero-order valence-corrected chi connectivity index (χ0v) is 18.5. The maximum Gasteiger partial charge on any atom is 0.194 e. The lowest BCUT2D eigenvalue weighted by Gasteiger charge is -2.42. The van der Waals surface area contributed by atoms with E-state index in [2.05, 4.69) is 30.9 Å². The molecule has 0 aromatic heterocycles. The van der Waals surface area contributed by atoms with Gasteiger partial charge in [-0.15, -0.1) is 0 Å². The molecule has 2 aliphatic heterocycles. The number of rotatable bonds is 0. The minimum Gasteiger partial charge on any atom is -0.331 e. The minimum atomic E-state index is -0.271. The molecule has 32 heavy (non-hydrogen) atoms. The van der Waals surface area contributed by atoms with E-state index >= 15 is 0 Å². The lowest BCUT2D eigenvalue weighted by molar-refractivity contribution is 0.0972. The molecule has 6 rings (SSSR count). The van der Waals surface area contributed by atoms with Gasteiger partial charge in [0.05, 0.1) is 28.8 Å². The third-order valence-corrected chi connectivity index (χ3v) is 7.01. The number of hydrogen-bond donors (Lipinski definition) is 0. The summed E-state index contributed by atoms with van der Waals surface area (Å²) in [6.45, 7) is 8.14. The van der Waals surface area contributed by atoms with Crippen LogP contribution in [0.5, 0.6) is 0 Å². The summed E-state index contributed by atoms with van der Waals surface area (Å²) in [5.41, 5.74) is 8.03. The molecule has 156 valence electrons. The Balaban J connectivity index is 1.58. The zero-order chi connectivity index (χ0) is 22.3. The van der Waals surface area contributed by atoms with E-state index in [9.17, 15) is 9.59 Å². The normalized spacial score (nSPS) is 19.2. The van der Waals surface area contributed by atoms with Crippen LogP contribution in [-0.2, 0) is 0 Å². The quantitative estimate of drug-likeness (QED) is 0.448. The molecule has 0 saturated heterocycles. The highest BCUT2D eigenvalue weighted by Gasteiger charge is 2.42. The Morgan fingerprint density at radius 3 is 2.16 bits per heavy atom. The molecule has 0 amide bonds. The first-order valence-corrected chi connectivity index (χ1v) is 10.9. The first kappa shape index (κ1) is 18.9. The maximum absolute atomic E-state index is 13.7. The van der Waals surface area contributed by atoms with Crippen molar-refractivity contribution in [3.8, 4) is 0 Å². The number of fused-ring (bicyclic) bond motifs is 5. The van der Waals surface area contributed by atoms with E-state index in [-0.39, 0.29) is 17.6 Å². The molecule has 1 aliphatic carbocycles. The average Bonchev–Trinajstić information content (AvgIpc) is 2.78. The van der Waals surface area contributed by atoms with Crippen LogP contribution in [0.1, 0.15) is 45.7 Å². The third kappa shape index (κ3) is 2.41. The third-order valence-electron chi connectivity index (χ3n) is 7.01. The highest BCUT2D eigenvalue weighted by Crippen LogP contribution is 2.45. The number of anilines is 1. The Bertz CT molecular complexity index is 1500. The number of hydrogen-bond acceptors (Lipinski definition) is 4. The number of Topliss-reactive ketones (excluding diaryl/α,β-unsaturated/α-hetero) is 2. The van der Waals surface area contributed by atoms with Crippen LogP contribution in [0.2, 0.25) is 0 Å². The minimum absolute atomic E-state index is 0.0614. The van der Waals surface area contributed by atoms with Crippen molar-refractivity contribution in [3.05, 3.63) is 93.7 Å². The summed E-state index contributed by atoms with van der Waals surface area (Å²) in [6, 6.07) is 15.5. The van der Waals surface area contributed by atoms with Crippen LogP contribution in [0.25, 0.3) is 10.8 Å². The number of allylic oxidation sites excluding steroid dienone is 3. The van der Waals surface area contributed by atoms with Crippen LogP contribution in [0, 0.1) is 13.8 Å². The smallest absolute Gasteiger partial charge is 0.194 e. The Labute approximate surface area is 186 Å². The number of aliphatic imine (C=N–C) groups is 1. The average molecular weight is 418 g/mol. The van der Waals surface area contributed by atoms with Crippen molar-refractivity contribution >= 4 is 39.4 Å². The van der Waals surface area contributed by atoms with Gasteiger partial charge < -0.3 is 4.90 Å². The van der Waals surface area contributed by atoms with E-state index in [0.29, 0.717) is 22.3 Å². The first-order chi connectivity index (χ1) is 15.3. The fraction of sp³-hybridized carbons (Fsp3) is 0.179. The summed E-state index contributed by atoms with van der Waals surface area (Å²) in [5, 5.41) is 1.93. The second-order valence-electron chi connectivity index (χ2n) is 8.93. The second-order valence-corrected chi connectivity index (χ2v) is 8.93. The summed E-state index contributed by atoms with van der Waals surface area (Å²) in [7, 11) is 0. The Morgan fingerprint density at radius 2 is 1.47 bits per heavy atom. The fourth-order valence-electron chi connectivity index (χ4n) is 5.18. The largest absolute Gasteiger partial charge is 0.331 e. The topological polar surface area (TPSA) is 49.7 Å². The maximum atomic E-state index is 13.7. The van der Waals surface area contributed by atoms with E-state index in [1.165, 1.54) is 11.1 Å². The molecule has 1 atom stereocenters. The van der Waals surface area contributed by atoms with E-state index < -0.39 is 0 Å². The summed E-state index contributed by atoms with van der Waals surface area (Å²) >= 11 is 0. The molecule has 3 aromatic rings. The number of ketones is 2. The van der Waals surface area contributed by atoms with Crippen LogP contribution in [0.3, 0.4) is 0 Å².